The van der Waals surface area contributed by atoms with Gasteiger partial charge in [-0.3, -0.25) is 19.2 Å². The number of anilines is 5. The van der Waals surface area contributed by atoms with Gasteiger partial charge in [0, 0.05) is 87.5 Å². The molecule has 2 aliphatic rings. The number of rotatable bonds is 36. The van der Waals surface area contributed by atoms with Gasteiger partial charge in [0.05, 0.1) is 38.5 Å². The molecule has 0 spiro atoms. The number of nitrogens with zero attached hydrogens (tertiary/aromatic N) is 4. The lowest BCUT2D eigenvalue weighted by Crippen LogP contribution is -2.36. The summed E-state index contributed by atoms with van der Waals surface area (Å²) in [7, 11) is 1.97. The monoisotopic (exact) mass is 989 g/mol. The maximum Gasteiger partial charge on any atom is 0.315 e. The zero-order chi connectivity index (χ0) is 49.4. The van der Waals surface area contributed by atoms with Crippen LogP contribution in [0.4, 0.5) is 33.8 Å². The number of unbranched alkanes of at least 4 members (excludes halogenated alkanes) is 2. The van der Waals surface area contributed by atoms with Gasteiger partial charge in [-0.25, -0.2) is 19.7 Å². The summed E-state index contributed by atoms with van der Waals surface area (Å²) < 4.78 is 16.7. The first-order valence-electron chi connectivity index (χ1n) is 24.5. The second-order valence-electron chi connectivity index (χ2n) is 17.0. The molecule has 3 unspecified atom stereocenters. The summed E-state index contributed by atoms with van der Waals surface area (Å²) in [5.74, 6) is 2.67. The number of urea groups is 1. The molecule has 3 atom stereocenters. The minimum atomic E-state index is -0.290. The van der Waals surface area contributed by atoms with Crippen LogP contribution in [0.25, 0.3) is 0 Å². The number of fused-ring (bicyclic) bond motifs is 1. The number of benzene rings is 1. The van der Waals surface area contributed by atoms with Gasteiger partial charge in [-0.15, -0.1) is 0 Å². The summed E-state index contributed by atoms with van der Waals surface area (Å²) in [6.07, 6.45) is 12.2. The van der Waals surface area contributed by atoms with Crippen LogP contribution < -0.4 is 42.5 Å². The quantitative estimate of drug-likeness (QED) is 0.0225. The predicted octanol–water partition coefficient (Wildman–Crippen LogP) is 4.64. The van der Waals surface area contributed by atoms with Crippen molar-refractivity contribution in [2.45, 2.75) is 88.0 Å². The third-order valence-electron chi connectivity index (χ3n) is 11.2. The molecule has 0 bridgehead atoms. The van der Waals surface area contributed by atoms with Crippen molar-refractivity contribution < 1.29 is 38.2 Å². The average Bonchev–Trinajstić information content (AvgIpc) is 3.90. The maximum absolute atomic E-state index is 12.6. The molecule has 0 radical (unpaired) electrons. The van der Waals surface area contributed by atoms with Crippen LogP contribution in [0, 0.1) is 0 Å². The van der Waals surface area contributed by atoms with Crippen LogP contribution in [0.1, 0.15) is 70.6 Å². The molecule has 20 nitrogen and oxygen atoms in total. The lowest BCUT2D eigenvalue weighted by molar-refractivity contribution is -0.123. The SMILES string of the molecule is CN(CC=CC(=O)Nc1cccc(Nc2cc(Nc3ccccc3)ncn2)n1)CCCCNC(=O)CCCC(=O)NCCCOCCOCCOCCCNC(=O)CCCCC1SCC2NC(=O)NC21. The Morgan fingerprint density at radius 2 is 1.33 bits per heavy atom. The van der Waals surface area contributed by atoms with E-state index in [9.17, 15) is 24.0 Å². The second kappa shape index (κ2) is 32.8. The summed E-state index contributed by atoms with van der Waals surface area (Å²) in [5.41, 5.74) is 0.906. The zero-order valence-corrected chi connectivity index (χ0v) is 41.2. The van der Waals surface area contributed by atoms with Crippen LogP contribution in [0.5, 0.6) is 0 Å². The number of ether oxygens (including phenoxy) is 3. The fourth-order valence-corrected chi connectivity index (χ4v) is 9.04. The number of carbonyl (C=O) groups excluding carboxylic acids is 5. The Kier molecular flexibility index (Phi) is 25.8. The number of amides is 6. The molecule has 2 saturated heterocycles. The standard InChI is InChI=1S/C49H72N12O8S/c1-61(27-11-22-47(65)59-41-18-9-17-40(57-41)58-43-34-42(53-36-54-43)55-37-14-3-2-4-15-37)26-8-7-23-50-45(63)20-10-21-46(64)52-25-13-29-68-31-33-69-32-30-67-28-12-24-51-44(62)19-6-5-16-39-48-38(35-70-39)56-49(66)60-48/h2-4,9,11,14-15,17-18,22,34,36,38-39,48H,5-8,10,12-13,16,19-21,23-33,35H2,1H3,(H,50,63)(H,51,62)(H,52,64)(H2,56,60,66)(H3,53,54,55,57,58,59,65). The summed E-state index contributed by atoms with van der Waals surface area (Å²) in [6.45, 7) is 5.93. The number of hydrogen-bond donors (Lipinski definition) is 8. The van der Waals surface area contributed by atoms with E-state index in [1.165, 1.54) is 12.4 Å². The molecule has 8 N–H and O–H groups in total. The van der Waals surface area contributed by atoms with Gasteiger partial charge in [0.2, 0.25) is 23.6 Å². The molecule has 2 aliphatic heterocycles. The molecule has 2 fully saturated rings. The maximum atomic E-state index is 12.6. The first-order chi connectivity index (χ1) is 34.2. The number of carbonyl (C=O) groups is 5. The molecule has 2 aromatic heterocycles. The molecule has 5 rings (SSSR count). The number of likely N-dealkylation sites (N-methyl/N-ethyl adjacent to an activating group) is 1. The Labute approximate surface area is 415 Å². The first-order valence-corrected chi connectivity index (χ1v) is 25.5. The highest BCUT2D eigenvalue weighted by atomic mass is 32.2. The molecule has 21 heteroatoms. The van der Waals surface area contributed by atoms with Gasteiger partial charge in [-0.2, -0.15) is 11.8 Å². The summed E-state index contributed by atoms with van der Waals surface area (Å²) in [5, 5.41) is 24.3. The van der Waals surface area contributed by atoms with Gasteiger partial charge in [-0.1, -0.05) is 36.8 Å². The van der Waals surface area contributed by atoms with Gasteiger partial charge in [0.25, 0.3) is 0 Å². The molecule has 3 aromatic rings. The number of thioether (sulfide) groups is 1. The van der Waals surface area contributed by atoms with Crippen molar-refractivity contribution in [2.75, 3.05) is 101 Å². The minimum absolute atomic E-state index is 0.0634. The Hall–Kier alpha value is -5.87. The fraction of sp³-hybridized carbons (Fsp3) is 0.551. The van der Waals surface area contributed by atoms with Gasteiger partial charge in [-0.05, 0) is 82.8 Å². The molecule has 0 saturated carbocycles. The number of pyridine rings is 1. The minimum Gasteiger partial charge on any atom is -0.379 e. The van der Waals surface area contributed by atoms with Crippen LogP contribution in [0.2, 0.25) is 0 Å². The largest absolute Gasteiger partial charge is 0.379 e. The molecule has 1 aromatic carbocycles. The normalized spacial score (nSPS) is 16.1. The van der Waals surface area contributed by atoms with E-state index in [1.807, 2.05) is 49.1 Å². The van der Waals surface area contributed by atoms with Crippen molar-refractivity contribution >= 4 is 70.4 Å². The summed E-state index contributed by atoms with van der Waals surface area (Å²) in [4.78, 5) is 75.7. The summed E-state index contributed by atoms with van der Waals surface area (Å²) >= 11 is 1.90. The molecule has 6 amide bonds. The van der Waals surface area contributed by atoms with E-state index >= 15 is 0 Å². The predicted molar refractivity (Wildman–Crippen MR) is 272 cm³/mol. The number of aromatic nitrogens is 3. The van der Waals surface area contributed by atoms with Crippen molar-refractivity contribution in [3.8, 4) is 0 Å². The average molecular weight is 989 g/mol. The van der Waals surface area contributed by atoms with Crippen molar-refractivity contribution in [1.29, 1.82) is 0 Å². The lowest BCUT2D eigenvalue weighted by Gasteiger charge is -2.16. The van der Waals surface area contributed by atoms with E-state index in [-0.39, 0.29) is 48.2 Å². The van der Waals surface area contributed by atoms with Crippen LogP contribution in [-0.2, 0) is 33.4 Å². The van der Waals surface area contributed by atoms with E-state index < -0.39 is 0 Å². The van der Waals surface area contributed by atoms with Crippen LogP contribution in [0.3, 0.4) is 0 Å². The third-order valence-corrected chi connectivity index (χ3v) is 12.7. The van der Waals surface area contributed by atoms with Crippen LogP contribution in [0.15, 0.2) is 73.1 Å². The van der Waals surface area contributed by atoms with Crippen molar-refractivity contribution in [3.63, 3.8) is 0 Å². The number of hydrogen-bond acceptors (Lipinski definition) is 15. The van der Waals surface area contributed by atoms with E-state index in [0.717, 1.165) is 56.5 Å². The molecule has 70 heavy (non-hydrogen) atoms. The summed E-state index contributed by atoms with van der Waals surface area (Å²) in [6, 6.07) is 17.1. The van der Waals surface area contributed by atoms with Crippen molar-refractivity contribution in [2.24, 2.45) is 0 Å². The third kappa shape index (κ3) is 23.2. The molecular formula is C49H72N12O8S. The fourth-order valence-electron chi connectivity index (χ4n) is 7.50. The van der Waals surface area contributed by atoms with E-state index in [2.05, 4.69) is 62.4 Å². The van der Waals surface area contributed by atoms with Crippen LogP contribution in [-0.4, -0.2) is 152 Å². The first kappa shape index (κ1) is 55.1. The molecule has 4 heterocycles. The Balaban J connectivity index is 0.743. The topological polar surface area (TPSA) is 251 Å². The Morgan fingerprint density at radius 3 is 2.03 bits per heavy atom. The number of nitrogens with one attached hydrogen (secondary N) is 8. The van der Waals surface area contributed by atoms with E-state index in [0.29, 0.717) is 120 Å². The van der Waals surface area contributed by atoms with Crippen LogP contribution >= 0.6 is 11.8 Å². The molecule has 382 valence electrons. The van der Waals surface area contributed by atoms with Gasteiger partial charge >= 0.3 is 6.03 Å². The highest BCUT2D eigenvalue weighted by Crippen LogP contribution is 2.33. The highest BCUT2D eigenvalue weighted by Gasteiger charge is 2.42. The smallest absolute Gasteiger partial charge is 0.315 e. The number of para-hydroxylation sites is 1. The van der Waals surface area contributed by atoms with Gasteiger partial charge in [0.15, 0.2) is 0 Å². The zero-order valence-electron chi connectivity index (χ0n) is 40.4. The molecule has 0 aliphatic carbocycles. The van der Waals surface area contributed by atoms with E-state index in [4.69, 9.17) is 14.2 Å². The Morgan fingerprint density at radius 1 is 0.700 bits per heavy atom. The highest BCUT2D eigenvalue weighted by molar-refractivity contribution is 8.00. The van der Waals surface area contributed by atoms with Gasteiger partial charge < -0.3 is 61.6 Å². The lowest BCUT2D eigenvalue weighted by atomic mass is 10.0. The van der Waals surface area contributed by atoms with E-state index in [1.54, 1.807) is 30.3 Å². The molecular weight excluding hydrogens is 917 g/mol. The second-order valence-corrected chi connectivity index (χ2v) is 18.3. The van der Waals surface area contributed by atoms with Crippen molar-refractivity contribution in [3.05, 3.63) is 73.1 Å². The van der Waals surface area contributed by atoms with Crippen molar-refractivity contribution in [1.82, 2.24) is 46.4 Å². The Bertz CT molecular complexity index is 2070. The van der Waals surface area contributed by atoms with Gasteiger partial charge in [0.1, 0.15) is 29.6 Å².